The molecule has 1 atom stereocenters. The van der Waals surface area contributed by atoms with Gasteiger partial charge in [0.1, 0.15) is 12.4 Å². The van der Waals surface area contributed by atoms with E-state index in [9.17, 15) is 9.90 Å². The average molecular weight is 342 g/mol. The Kier molecular flexibility index (Phi) is 6.67. The molecule has 6 heteroatoms. The third-order valence-corrected chi connectivity index (χ3v) is 4.20. The van der Waals surface area contributed by atoms with Crippen LogP contribution in [0.25, 0.3) is 0 Å². The first-order valence-corrected chi connectivity index (χ1v) is 8.37. The molecule has 0 spiro atoms. The SMILES string of the molecule is CC(=O)Nc1ccc(SCC(O)COc2ccc(C#N)cc2)cc1. The number of hydrogen-bond donors (Lipinski definition) is 2. The molecule has 0 saturated carbocycles. The van der Waals surface area contributed by atoms with Crippen LogP contribution in [0, 0.1) is 11.3 Å². The standard InChI is InChI=1S/C18H18N2O3S/c1-13(21)20-15-4-8-18(9-5-15)24-12-16(22)11-23-17-6-2-14(10-19)3-7-17/h2-9,16,22H,11-12H2,1H3,(H,20,21). The minimum atomic E-state index is -0.610. The van der Waals surface area contributed by atoms with Crippen LogP contribution < -0.4 is 10.1 Å². The monoisotopic (exact) mass is 342 g/mol. The maximum Gasteiger partial charge on any atom is 0.221 e. The zero-order valence-electron chi connectivity index (χ0n) is 13.2. The Morgan fingerprint density at radius 2 is 1.92 bits per heavy atom. The summed E-state index contributed by atoms with van der Waals surface area (Å²) in [7, 11) is 0. The molecule has 0 aliphatic rings. The summed E-state index contributed by atoms with van der Waals surface area (Å²) in [6.07, 6.45) is -0.610. The molecule has 1 unspecified atom stereocenters. The van der Waals surface area contributed by atoms with Crippen LogP contribution in [0.4, 0.5) is 5.69 Å². The fraction of sp³-hybridized carbons (Fsp3) is 0.222. The van der Waals surface area contributed by atoms with Crippen molar-refractivity contribution in [3.63, 3.8) is 0 Å². The van der Waals surface area contributed by atoms with E-state index in [0.717, 1.165) is 10.6 Å². The lowest BCUT2D eigenvalue weighted by atomic mass is 10.2. The summed E-state index contributed by atoms with van der Waals surface area (Å²) in [6, 6.07) is 16.2. The number of rotatable bonds is 7. The first-order chi connectivity index (χ1) is 11.6. The van der Waals surface area contributed by atoms with Gasteiger partial charge in [0.05, 0.1) is 17.7 Å². The minimum Gasteiger partial charge on any atom is -0.491 e. The fourth-order valence-corrected chi connectivity index (χ4v) is 2.71. The predicted molar refractivity (Wildman–Crippen MR) is 94.1 cm³/mol. The molecule has 0 aliphatic carbocycles. The van der Waals surface area contributed by atoms with Gasteiger partial charge in [-0.25, -0.2) is 0 Å². The maximum absolute atomic E-state index is 11.0. The molecule has 24 heavy (non-hydrogen) atoms. The third-order valence-electron chi connectivity index (χ3n) is 3.04. The van der Waals surface area contributed by atoms with Crippen LogP contribution in [-0.2, 0) is 4.79 Å². The van der Waals surface area contributed by atoms with Crippen molar-refractivity contribution in [3.05, 3.63) is 54.1 Å². The van der Waals surface area contributed by atoms with Crippen molar-refractivity contribution in [1.82, 2.24) is 0 Å². The largest absolute Gasteiger partial charge is 0.491 e. The quantitative estimate of drug-likeness (QED) is 0.756. The first-order valence-electron chi connectivity index (χ1n) is 7.38. The molecule has 1 amide bonds. The van der Waals surface area contributed by atoms with E-state index in [-0.39, 0.29) is 12.5 Å². The van der Waals surface area contributed by atoms with E-state index in [2.05, 4.69) is 5.32 Å². The van der Waals surface area contributed by atoms with Gasteiger partial charge in [0.2, 0.25) is 5.91 Å². The van der Waals surface area contributed by atoms with Crippen LogP contribution >= 0.6 is 11.8 Å². The van der Waals surface area contributed by atoms with Crippen LogP contribution in [0.2, 0.25) is 0 Å². The Morgan fingerprint density at radius 3 is 2.50 bits per heavy atom. The summed E-state index contributed by atoms with van der Waals surface area (Å²) in [5.74, 6) is 1.01. The van der Waals surface area contributed by atoms with Crippen LogP contribution in [-0.4, -0.2) is 29.5 Å². The second-order valence-corrected chi connectivity index (χ2v) is 6.21. The number of amides is 1. The zero-order chi connectivity index (χ0) is 17.4. The topological polar surface area (TPSA) is 82.3 Å². The Hall–Kier alpha value is -2.49. The van der Waals surface area contributed by atoms with Crippen LogP contribution in [0.3, 0.4) is 0 Å². The van der Waals surface area contributed by atoms with Gasteiger partial charge in [-0.2, -0.15) is 5.26 Å². The number of nitrogens with zero attached hydrogens (tertiary/aromatic N) is 1. The van der Waals surface area contributed by atoms with Crippen molar-refractivity contribution in [2.24, 2.45) is 0 Å². The van der Waals surface area contributed by atoms with Gasteiger partial charge in [0.25, 0.3) is 0 Å². The summed E-state index contributed by atoms with van der Waals surface area (Å²) < 4.78 is 5.50. The van der Waals surface area contributed by atoms with Crippen molar-refractivity contribution < 1.29 is 14.6 Å². The third kappa shape index (κ3) is 5.95. The number of hydrogen-bond acceptors (Lipinski definition) is 5. The van der Waals surface area contributed by atoms with E-state index in [1.165, 1.54) is 18.7 Å². The molecule has 124 valence electrons. The van der Waals surface area contributed by atoms with Gasteiger partial charge in [0.15, 0.2) is 0 Å². The van der Waals surface area contributed by atoms with Crippen molar-refractivity contribution in [2.75, 3.05) is 17.7 Å². The van der Waals surface area contributed by atoms with E-state index in [0.29, 0.717) is 17.1 Å². The fourth-order valence-electron chi connectivity index (χ4n) is 1.90. The highest BCUT2D eigenvalue weighted by molar-refractivity contribution is 7.99. The number of thioether (sulfide) groups is 1. The lowest BCUT2D eigenvalue weighted by Gasteiger charge is -2.12. The number of carbonyl (C=O) groups excluding carboxylic acids is 1. The van der Waals surface area contributed by atoms with Gasteiger partial charge in [-0.15, -0.1) is 11.8 Å². The number of nitriles is 1. The van der Waals surface area contributed by atoms with Gasteiger partial charge in [-0.1, -0.05) is 0 Å². The van der Waals surface area contributed by atoms with Gasteiger partial charge in [0, 0.05) is 23.3 Å². The number of carbonyl (C=O) groups is 1. The molecular weight excluding hydrogens is 324 g/mol. The molecular formula is C18H18N2O3S. The molecule has 5 nitrogen and oxygen atoms in total. The van der Waals surface area contributed by atoms with E-state index >= 15 is 0 Å². The number of aliphatic hydroxyl groups is 1. The predicted octanol–water partition coefficient (Wildman–Crippen LogP) is 3.05. The highest BCUT2D eigenvalue weighted by atomic mass is 32.2. The first kappa shape index (κ1) is 17.9. The van der Waals surface area contributed by atoms with Crippen LogP contribution in [0.1, 0.15) is 12.5 Å². The van der Waals surface area contributed by atoms with Gasteiger partial charge < -0.3 is 15.2 Å². The molecule has 0 heterocycles. The second-order valence-electron chi connectivity index (χ2n) is 5.12. The molecule has 0 aliphatic heterocycles. The number of benzene rings is 2. The average Bonchev–Trinajstić information content (AvgIpc) is 2.59. The van der Waals surface area contributed by atoms with Crippen LogP contribution in [0.15, 0.2) is 53.4 Å². The molecule has 0 bridgehead atoms. The van der Waals surface area contributed by atoms with Crippen molar-refractivity contribution >= 4 is 23.4 Å². The molecule has 0 fully saturated rings. The highest BCUT2D eigenvalue weighted by Gasteiger charge is 2.07. The van der Waals surface area contributed by atoms with Gasteiger partial charge >= 0.3 is 0 Å². The van der Waals surface area contributed by atoms with E-state index in [1.54, 1.807) is 24.3 Å². The molecule has 0 saturated heterocycles. The summed E-state index contributed by atoms with van der Waals surface area (Å²) in [4.78, 5) is 12.0. The minimum absolute atomic E-state index is 0.106. The number of anilines is 1. The van der Waals surface area contributed by atoms with Gasteiger partial charge in [-0.05, 0) is 48.5 Å². The maximum atomic E-state index is 11.0. The van der Waals surface area contributed by atoms with E-state index in [1.807, 2.05) is 30.3 Å². The number of ether oxygens (including phenoxy) is 1. The highest BCUT2D eigenvalue weighted by Crippen LogP contribution is 2.21. The smallest absolute Gasteiger partial charge is 0.221 e. The normalized spacial score (nSPS) is 11.4. The second kappa shape index (κ2) is 8.96. The Bertz CT molecular complexity index is 709. The number of aliphatic hydroxyl groups excluding tert-OH is 1. The lowest BCUT2D eigenvalue weighted by molar-refractivity contribution is -0.114. The van der Waals surface area contributed by atoms with E-state index < -0.39 is 6.10 Å². The Labute approximate surface area is 145 Å². The molecule has 2 N–H and O–H groups in total. The van der Waals surface area contributed by atoms with E-state index in [4.69, 9.17) is 10.00 Å². The molecule has 0 radical (unpaired) electrons. The number of nitrogens with one attached hydrogen (secondary N) is 1. The summed E-state index contributed by atoms with van der Waals surface area (Å²) in [5.41, 5.74) is 1.32. The molecule has 2 rings (SSSR count). The molecule has 0 aromatic heterocycles. The summed E-state index contributed by atoms with van der Waals surface area (Å²) >= 11 is 1.51. The van der Waals surface area contributed by atoms with Gasteiger partial charge in [-0.3, -0.25) is 4.79 Å². The zero-order valence-corrected chi connectivity index (χ0v) is 14.0. The summed E-state index contributed by atoms with van der Waals surface area (Å²) in [5, 5.41) is 21.4. The Balaban J connectivity index is 1.75. The summed E-state index contributed by atoms with van der Waals surface area (Å²) in [6.45, 7) is 1.65. The van der Waals surface area contributed by atoms with Crippen molar-refractivity contribution in [3.8, 4) is 11.8 Å². The van der Waals surface area contributed by atoms with Crippen molar-refractivity contribution in [2.45, 2.75) is 17.9 Å². The van der Waals surface area contributed by atoms with Crippen molar-refractivity contribution in [1.29, 1.82) is 5.26 Å². The molecule has 2 aromatic carbocycles. The Morgan fingerprint density at radius 1 is 1.25 bits per heavy atom. The molecule has 2 aromatic rings. The lowest BCUT2D eigenvalue weighted by Crippen LogP contribution is -2.20. The van der Waals surface area contributed by atoms with Crippen LogP contribution in [0.5, 0.6) is 5.75 Å².